The summed E-state index contributed by atoms with van der Waals surface area (Å²) < 4.78 is 5.82. The molecule has 32 heavy (non-hydrogen) atoms. The van der Waals surface area contributed by atoms with Gasteiger partial charge in [-0.05, 0) is 44.7 Å². The van der Waals surface area contributed by atoms with Crippen molar-refractivity contribution < 1.29 is 19.4 Å². The maximum atomic E-state index is 12.9. The first-order chi connectivity index (χ1) is 15.4. The standard InChI is InChI=1S/C27H35NO4/c1-17-7-6-10-20-15-22-23(25(30)27(17,20)2)21(26(31)32-22)16-28-13-11-19(12-14-28)24(29)18-8-4-3-5-9-18/h3-5,8-10,17,19,21-23,25,30H,6-7,11-16H2,1-2H3/t17-,21+,22+,23-,25-,27+/m0/s1. The number of nitrogens with zero attached hydrogens (tertiary/aromatic N) is 1. The Hall–Kier alpha value is -1.98. The molecule has 5 nitrogen and oxygen atoms in total. The number of rotatable bonds is 4. The number of aliphatic hydroxyl groups is 1. The SMILES string of the molecule is C[C@H]1CCC=C2C[C@H]3OC(=O)[C@H](CN4CCC(C(=O)c5ccccc5)CC4)[C@@H]3[C@H](O)[C@@]21C. The van der Waals surface area contributed by atoms with E-state index in [-0.39, 0.29) is 41.0 Å². The van der Waals surface area contributed by atoms with E-state index in [2.05, 4.69) is 24.8 Å². The largest absolute Gasteiger partial charge is 0.461 e. The van der Waals surface area contributed by atoms with E-state index in [1.165, 1.54) is 5.57 Å². The van der Waals surface area contributed by atoms with Crippen LogP contribution < -0.4 is 0 Å². The zero-order chi connectivity index (χ0) is 22.5. The minimum Gasteiger partial charge on any atom is -0.461 e. The molecular weight excluding hydrogens is 402 g/mol. The molecule has 1 saturated carbocycles. The predicted octanol–water partition coefficient (Wildman–Crippen LogP) is 3.87. The van der Waals surface area contributed by atoms with E-state index in [0.29, 0.717) is 12.5 Å². The van der Waals surface area contributed by atoms with E-state index in [1.54, 1.807) is 0 Å². The molecule has 0 spiro atoms. The third-order valence-corrected chi connectivity index (χ3v) is 9.04. The highest BCUT2D eigenvalue weighted by Crippen LogP contribution is 2.56. The number of allylic oxidation sites excluding steroid dienone is 1. The van der Waals surface area contributed by atoms with Gasteiger partial charge in [0.15, 0.2) is 5.78 Å². The van der Waals surface area contributed by atoms with Gasteiger partial charge >= 0.3 is 5.97 Å². The summed E-state index contributed by atoms with van der Waals surface area (Å²) in [6.07, 6.45) is 6.02. The Morgan fingerprint density at radius 3 is 2.62 bits per heavy atom. The number of piperidine rings is 1. The number of likely N-dealkylation sites (tertiary alicyclic amines) is 1. The van der Waals surface area contributed by atoms with Crippen LogP contribution in [-0.4, -0.2) is 53.6 Å². The van der Waals surface area contributed by atoms with Crippen molar-refractivity contribution in [2.45, 2.75) is 58.2 Å². The van der Waals surface area contributed by atoms with Gasteiger partial charge in [0, 0.05) is 35.8 Å². The van der Waals surface area contributed by atoms with E-state index in [9.17, 15) is 14.7 Å². The van der Waals surface area contributed by atoms with Crippen molar-refractivity contribution in [3.8, 4) is 0 Å². The molecule has 0 aromatic heterocycles. The van der Waals surface area contributed by atoms with Crippen molar-refractivity contribution in [3.63, 3.8) is 0 Å². The average molecular weight is 438 g/mol. The summed E-state index contributed by atoms with van der Waals surface area (Å²) in [5.41, 5.74) is 1.80. The third-order valence-electron chi connectivity index (χ3n) is 9.04. The van der Waals surface area contributed by atoms with Gasteiger partial charge in [0.25, 0.3) is 0 Å². The van der Waals surface area contributed by atoms with E-state index in [0.717, 1.165) is 50.8 Å². The van der Waals surface area contributed by atoms with Gasteiger partial charge in [-0.3, -0.25) is 9.59 Å². The number of hydrogen-bond donors (Lipinski definition) is 1. The molecule has 2 heterocycles. The molecule has 5 rings (SSSR count). The molecule has 2 aliphatic carbocycles. The van der Waals surface area contributed by atoms with Crippen molar-refractivity contribution in [2.24, 2.45) is 29.1 Å². The molecule has 172 valence electrons. The monoisotopic (exact) mass is 437 g/mol. The predicted molar refractivity (Wildman–Crippen MR) is 122 cm³/mol. The van der Waals surface area contributed by atoms with Crippen molar-refractivity contribution >= 4 is 11.8 Å². The summed E-state index contributed by atoms with van der Waals surface area (Å²) in [4.78, 5) is 28.0. The van der Waals surface area contributed by atoms with Crippen LogP contribution in [-0.2, 0) is 9.53 Å². The fourth-order valence-corrected chi connectivity index (χ4v) is 6.77. The van der Waals surface area contributed by atoms with Gasteiger partial charge in [-0.25, -0.2) is 0 Å². The molecule has 5 heteroatoms. The topological polar surface area (TPSA) is 66.8 Å². The molecule has 1 aromatic carbocycles. The first-order valence-electron chi connectivity index (χ1n) is 12.3. The van der Waals surface area contributed by atoms with Gasteiger partial charge in [-0.1, -0.05) is 55.8 Å². The third kappa shape index (κ3) is 3.54. The van der Waals surface area contributed by atoms with Crippen LogP contribution in [0.1, 0.15) is 56.3 Å². The molecule has 0 amide bonds. The highest BCUT2D eigenvalue weighted by atomic mass is 16.6. The van der Waals surface area contributed by atoms with Gasteiger partial charge in [-0.15, -0.1) is 0 Å². The molecule has 0 bridgehead atoms. The lowest BCUT2D eigenvalue weighted by Crippen LogP contribution is -2.55. The second-order valence-electron chi connectivity index (χ2n) is 10.6. The minimum absolute atomic E-state index is 0.0480. The number of carbonyl (C=O) groups excluding carboxylic acids is 2. The van der Waals surface area contributed by atoms with Gasteiger partial charge in [0.2, 0.25) is 0 Å². The van der Waals surface area contributed by atoms with Gasteiger partial charge in [-0.2, -0.15) is 0 Å². The second-order valence-corrected chi connectivity index (χ2v) is 10.6. The van der Waals surface area contributed by atoms with E-state index in [4.69, 9.17) is 4.74 Å². The highest BCUT2D eigenvalue weighted by Gasteiger charge is 2.59. The number of fused-ring (bicyclic) bond motifs is 2. The number of carbonyl (C=O) groups is 2. The van der Waals surface area contributed by atoms with Gasteiger partial charge in [0.1, 0.15) is 6.10 Å². The lowest BCUT2D eigenvalue weighted by Gasteiger charge is -2.52. The van der Waals surface area contributed by atoms with Crippen LogP contribution in [0.2, 0.25) is 0 Å². The average Bonchev–Trinajstić information content (AvgIpc) is 3.11. The number of hydrogen-bond acceptors (Lipinski definition) is 5. The number of ketones is 1. The molecule has 1 aromatic rings. The molecule has 2 aliphatic heterocycles. The summed E-state index contributed by atoms with van der Waals surface area (Å²) in [7, 11) is 0. The lowest BCUT2D eigenvalue weighted by molar-refractivity contribution is -0.145. The van der Waals surface area contributed by atoms with E-state index in [1.807, 2.05) is 30.3 Å². The quantitative estimate of drug-likeness (QED) is 0.440. The molecule has 3 fully saturated rings. The molecule has 6 atom stereocenters. The highest BCUT2D eigenvalue weighted by molar-refractivity contribution is 5.97. The van der Waals surface area contributed by atoms with Crippen LogP contribution >= 0.6 is 0 Å². The first kappa shape index (κ1) is 21.8. The zero-order valence-corrected chi connectivity index (χ0v) is 19.2. The summed E-state index contributed by atoms with van der Waals surface area (Å²) in [6, 6.07) is 9.54. The van der Waals surface area contributed by atoms with Crippen molar-refractivity contribution in [1.29, 1.82) is 0 Å². The summed E-state index contributed by atoms with van der Waals surface area (Å²) in [5, 5.41) is 11.5. The van der Waals surface area contributed by atoms with Crippen LogP contribution in [0.3, 0.4) is 0 Å². The van der Waals surface area contributed by atoms with Crippen LogP contribution in [0, 0.1) is 29.1 Å². The first-order valence-corrected chi connectivity index (χ1v) is 12.3. The number of aliphatic hydroxyl groups excluding tert-OH is 1. The maximum absolute atomic E-state index is 12.9. The second kappa shape index (κ2) is 8.42. The fraction of sp³-hybridized carbons (Fsp3) is 0.630. The summed E-state index contributed by atoms with van der Waals surface area (Å²) in [6.45, 7) is 6.65. The Kier molecular flexibility index (Phi) is 5.75. The van der Waals surface area contributed by atoms with Crippen molar-refractivity contribution in [2.75, 3.05) is 19.6 Å². The van der Waals surface area contributed by atoms with E-state index < -0.39 is 6.10 Å². The van der Waals surface area contributed by atoms with Gasteiger partial charge < -0.3 is 14.7 Å². The molecule has 0 radical (unpaired) electrons. The van der Waals surface area contributed by atoms with Crippen LogP contribution in [0.15, 0.2) is 42.0 Å². The summed E-state index contributed by atoms with van der Waals surface area (Å²) in [5.74, 6) is 0.0862. The van der Waals surface area contributed by atoms with Crippen LogP contribution in [0.25, 0.3) is 0 Å². The van der Waals surface area contributed by atoms with Crippen LogP contribution in [0.5, 0.6) is 0 Å². The Morgan fingerprint density at radius 2 is 1.91 bits per heavy atom. The molecule has 1 N–H and O–H groups in total. The molecule has 4 aliphatic rings. The van der Waals surface area contributed by atoms with E-state index >= 15 is 0 Å². The number of esters is 1. The fourth-order valence-electron chi connectivity index (χ4n) is 6.77. The zero-order valence-electron chi connectivity index (χ0n) is 19.2. The van der Waals surface area contributed by atoms with Crippen LogP contribution in [0.4, 0.5) is 0 Å². The smallest absolute Gasteiger partial charge is 0.311 e. The summed E-state index contributed by atoms with van der Waals surface area (Å²) >= 11 is 0. The van der Waals surface area contributed by atoms with Gasteiger partial charge in [0.05, 0.1) is 12.0 Å². The van der Waals surface area contributed by atoms with Crippen molar-refractivity contribution in [1.82, 2.24) is 4.90 Å². The number of Topliss-reactive ketones (excluding diaryl/α,β-unsaturated/α-hetero) is 1. The Balaban J connectivity index is 1.25. The Bertz CT molecular complexity index is 903. The number of benzene rings is 1. The normalized spacial score (nSPS) is 37.9. The maximum Gasteiger partial charge on any atom is 0.311 e. The molecular formula is C27H35NO4. The minimum atomic E-state index is -0.559. The lowest BCUT2D eigenvalue weighted by atomic mass is 9.55. The Labute approximate surface area is 190 Å². The molecule has 0 unspecified atom stereocenters. The number of ether oxygens (including phenoxy) is 1. The Morgan fingerprint density at radius 1 is 1.19 bits per heavy atom. The van der Waals surface area contributed by atoms with Crippen molar-refractivity contribution in [3.05, 3.63) is 47.5 Å². The molecule has 2 saturated heterocycles.